The van der Waals surface area contributed by atoms with Crippen LogP contribution in [-0.4, -0.2) is 19.8 Å². The van der Waals surface area contributed by atoms with Crippen LogP contribution >= 0.6 is 0 Å². The normalized spacial score (nSPS) is 10.8. The largest absolute Gasteiger partial charge is 0.356 e. The summed E-state index contributed by atoms with van der Waals surface area (Å²) in [4.78, 5) is 29.1. The second-order valence-electron chi connectivity index (χ2n) is 4.01. The smallest absolute Gasteiger partial charge is 0.258 e. The number of nitrogens with zero attached hydrogens (tertiary/aromatic N) is 4. The first-order chi connectivity index (χ1) is 9.61. The van der Waals surface area contributed by atoms with Gasteiger partial charge in [-0.3, -0.25) is 30.2 Å². The predicted octanol–water partition coefficient (Wildman–Crippen LogP) is 2.60. The van der Waals surface area contributed by atoms with E-state index in [4.69, 9.17) is 0 Å². The quantitative estimate of drug-likeness (QED) is 0.402. The standard InChI is InChI=1S/C12H6N4O4/c17-15(18)11-7-3-1-5-13-9(7)10-8(4-2-6-14-10)12(11)16(19)20/h1-6H. The van der Waals surface area contributed by atoms with Gasteiger partial charge in [-0.25, -0.2) is 0 Å². The van der Waals surface area contributed by atoms with Crippen LogP contribution in [0.5, 0.6) is 0 Å². The summed E-state index contributed by atoms with van der Waals surface area (Å²) in [6.07, 6.45) is 2.93. The third kappa shape index (κ3) is 1.55. The van der Waals surface area contributed by atoms with Crippen molar-refractivity contribution in [3.63, 3.8) is 0 Å². The van der Waals surface area contributed by atoms with Crippen molar-refractivity contribution >= 4 is 33.2 Å². The predicted molar refractivity (Wildman–Crippen MR) is 70.4 cm³/mol. The SMILES string of the molecule is O=[N+]([O-])c1c([N+](=O)[O-])c2cccnc2c2ncccc12. The molecule has 3 aromatic rings. The lowest BCUT2D eigenvalue weighted by molar-refractivity contribution is -0.420. The molecule has 1 aromatic carbocycles. The fraction of sp³-hybridized carbons (Fsp3) is 0. The van der Waals surface area contributed by atoms with Crippen LogP contribution in [0.25, 0.3) is 21.8 Å². The first kappa shape index (κ1) is 11.9. The van der Waals surface area contributed by atoms with Crippen molar-refractivity contribution in [2.24, 2.45) is 0 Å². The minimum atomic E-state index is -0.755. The molecule has 3 rings (SSSR count). The number of pyridine rings is 2. The van der Waals surface area contributed by atoms with E-state index in [-0.39, 0.29) is 21.8 Å². The molecule has 0 radical (unpaired) electrons. The molecule has 0 unspecified atom stereocenters. The van der Waals surface area contributed by atoms with Crippen LogP contribution in [0.3, 0.4) is 0 Å². The molecule has 98 valence electrons. The number of benzene rings is 1. The van der Waals surface area contributed by atoms with Crippen LogP contribution in [0.2, 0.25) is 0 Å². The van der Waals surface area contributed by atoms with Crippen LogP contribution in [0.4, 0.5) is 11.4 Å². The zero-order valence-electron chi connectivity index (χ0n) is 9.89. The van der Waals surface area contributed by atoms with Crippen LogP contribution < -0.4 is 0 Å². The number of hydrogen-bond acceptors (Lipinski definition) is 6. The summed E-state index contributed by atoms with van der Waals surface area (Å²) >= 11 is 0. The van der Waals surface area contributed by atoms with Gasteiger partial charge in [0.1, 0.15) is 11.0 Å². The van der Waals surface area contributed by atoms with Crippen molar-refractivity contribution in [2.75, 3.05) is 0 Å². The molecule has 0 aliphatic heterocycles. The summed E-state index contributed by atoms with van der Waals surface area (Å²) in [6.45, 7) is 0. The van der Waals surface area contributed by atoms with Gasteiger partial charge in [0.2, 0.25) is 0 Å². The molecule has 0 N–H and O–H groups in total. The number of rotatable bonds is 2. The Hall–Kier alpha value is -3.16. The maximum atomic E-state index is 11.2. The first-order valence-corrected chi connectivity index (χ1v) is 5.55. The highest BCUT2D eigenvalue weighted by Gasteiger charge is 2.32. The maximum absolute atomic E-state index is 11.2. The minimum Gasteiger partial charge on any atom is -0.258 e. The van der Waals surface area contributed by atoms with Crippen LogP contribution in [0.1, 0.15) is 0 Å². The minimum absolute atomic E-state index is 0.107. The van der Waals surface area contributed by atoms with Gasteiger partial charge in [-0.2, -0.15) is 0 Å². The van der Waals surface area contributed by atoms with Gasteiger partial charge in [-0.1, -0.05) is 0 Å². The van der Waals surface area contributed by atoms with Gasteiger partial charge >= 0.3 is 11.4 Å². The first-order valence-electron chi connectivity index (χ1n) is 5.55. The highest BCUT2D eigenvalue weighted by molar-refractivity contribution is 6.13. The van der Waals surface area contributed by atoms with Gasteiger partial charge in [0.25, 0.3) is 0 Å². The van der Waals surface area contributed by atoms with Gasteiger partial charge in [0.05, 0.1) is 20.6 Å². The van der Waals surface area contributed by atoms with Gasteiger partial charge < -0.3 is 0 Å². The zero-order chi connectivity index (χ0) is 14.3. The van der Waals surface area contributed by atoms with E-state index in [1.54, 1.807) is 0 Å². The Morgan fingerprint density at radius 2 is 1.20 bits per heavy atom. The molecule has 8 nitrogen and oxygen atoms in total. The number of hydrogen-bond donors (Lipinski definition) is 0. The molecule has 0 aliphatic carbocycles. The van der Waals surface area contributed by atoms with E-state index in [1.165, 1.54) is 36.7 Å². The van der Waals surface area contributed by atoms with Gasteiger partial charge in [-0.05, 0) is 24.3 Å². The van der Waals surface area contributed by atoms with E-state index in [2.05, 4.69) is 9.97 Å². The van der Waals surface area contributed by atoms with Crippen molar-refractivity contribution in [3.05, 3.63) is 56.9 Å². The van der Waals surface area contributed by atoms with Crippen molar-refractivity contribution in [1.82, 2.24) is 9.97 Å². The van der Waals surface area contributed by atoms with Gasteiger partial charge in [0, 0.05) is 12.4 Å². The second kappa shape index (κ2) is 4.19. The molecule has 0 fully saturated rings. The number of aromatic nitrogens is 2. The molecule has 0 atom stereocenters. The summed E-state index contributed by atoms with van der Waals surface area (Å²) in [5.74, 6) is 0. The summed E-state index contributed by atoms with van der Waals surface area (Å²) in [7, 11) is 0. The van der Waals surface area contributed by atoms with E-state index < -0.39 is 21.2 Å². The topological polar surface area (TPSA) is 112 Å². The lowest BCUT2D eigenvalue weighted by atomic mass is 10.1. The van der Waals surface area contributed by atoms with Crippen molar-refractivity contribution in [3.8, 4) is 0 Å². The van der Waals surface area contributed by atoms with Crippen LogP contribution in [-0.2, 0) is 0 Å². The Morgan fingerprint density at radius 1 is 0.800 bits per heavy atom. The molecule has 2 heterocycles. The fourth-order valence-electron chi connectivity index (χ4n) is 2.19. The summed E-state index contributed by atoms with van der Waals surface area (Å²) < 4.78 is 0. The van der Waals surface area contributed by atoms with Crippen molar-refractivity contribution in [1.29, 1.82) is 0 Å². The molecule has 0 aliphatic rings. The number of nitro benzene ring substituents is 2. The Kier molecular flexibility index (Phi) is 2.50. The van der Waals surface area contributed by atoms with Gasteiger partial charge in [0.15, 0.2) is 0 Å². The molecule has 20 heavy (non-hydrogen) atoms. The molecule has 2 aromatic heterocycles. The number of nitro groups is 2. The van der Waals surface area contributed by atoms with Crippen LogP contribution in [0.15, 0.2) is 36.7 Å². The van der Waals surface area contributed by atoms with Gasteiger partial charge in [-0.15, -0.1) is 0 Å². The maximum Gasteiger partial charge on any atom is 0.356 e. The molecule has 0 spiro atoms. The zero-order valence-corrected chi connectivity index (χ0v) is 9.89. The lowest BCUT2D eigenvalue weighted by Gasteiger charge is -2.04. The summed E-state index contributed by atoms with van der Waals surface area (Å²) in [5.41, 5.74) is -0.557. The number of fused-ring (bicyclic) bond motifs is 3. The highest BCUT2D eigenvalue weighted by atomic mass is 16.6. The Morgan fingerprint density at radius 3 is 1.55 bits per heavy atom. The Balaban J connectivity index is 2.69. The summed E-state index contributed by atoms with van der Waals surface area (Å²) in [5, 5.41) is 22.7. The lowest BCUT2D eigenvalue weighted by Crippen LogP contribution is -2.00. The van der Waals surface area contributed by atoms with E-state index in [9.17, 15) is 20.2 Å². The molecular weight excluding hydrogens is 264 g/mol. The monoisotopic (exact) mass is 270 g/mol. The van der Waals surface area contributed by atoms with Crippen molar-refractivity contribution < 1.29 is 9.85 Å². The third-order valence-corrected chi connectivity index (χ3v) is 2.94. The van der Waals surface area contributed by atoms with E-state index in [1.807, 2.05) is 0 Å². The summed E-state index contributed by atoms with van der Waals surface area (Å²) in [6, 6.07) is 5.85. The van der Waals surface area contributed by atoms with E-state index >= 15 is 0 Å². The molecule has 0 bridgehead atoms. The average Bonchev–Trinajstić information content (AvgIpc) is 2.45. The molecule has 0 saturated carbocycles. The Labute approximate surface area is 111 Å². The Bertz CT molecular complexity index is 805. The van der Waals surface area contributed by atoms with Crippen LogP contribution in [0, 0.1) is 20.2 Å². The average molecular weight is 270 g/mol. The third-order valence-electron chi connectivity index (χ3n) is 2.94. The van der Waals surface area contributed by atoms with E-state index in [0.29, 0.717) is 0 Å². The molecule has 0 saturated heterocycles. The van der Waals surface area contributed by atoms with Crippen molar-refractivity contribution in [2.45, 2.75) is 0 Å². The highest BCUT2D eigenvalue weighted by Crippen LogP contribution is 2.40. The molecule has 0 amide bonds. The molecular formula is C12H6N4O4. The van der Waals surface area contributed by atoms with E-state index in [0.717, 1.165) is 0 Å². The second-order valence-corrected chi connectivity index (χ2v) is 4.01. The molecule has 8 heteroatoms. The fourth-order valence-corrected chi connectivity index (χ4v) is 2.19.